The Morgan fingerprint density at radius 2 is 2.06 bits per heavy atom. The summed E-state index contributed by atoms with van der Waals surface area (Å²) in [6.07, 6.45) is 0.672. The molecule has 18 heavy (non-hydrogen) atoms. The minimum absolute atomic E-state index is 0.413. The van der Waals surface area contributed by atoms with Crippen LogP contribution in [0, 0.1) is 13.8 Å². The van der Waals surface area contributed by atoms with Gasteiger partial charge in [-0.25, -0.2) is 4.98 Å². The van der Waals surface area contributed by atoms with Gasteiger partial charge in [0, 0.05) is 25.1 Å². The number of nitrogens with one attached hydrogen (secondary N) is 2. The maximum absolute atomic E-state index is 11.5. The zero-order chi connectivity index (χ0) is 13.5. The van der Waals surface area contributed by atoms with Crippen LogP contribution in [-0.4, -0.2) is 37.1 Å². The fourth-order valence-electron chi connectivity index (χ4n) is 1.18. The average Bonchev–Trinajstić information content (AvgIpc) is 2.63. The quantitative estimate of drug-likeness (QED) is 0.614. The number of rotatable bonds is 5. The molecule has 0 bridgehead atoms. The van der Waals surface area contributed by atoms with Crippen molar-refractivity contribution in [3.8, 4) is 0 Å². The van der Waals surface area contributed by atoms with Crippen LogP contribution in [0.25, 0.3) is 0 Å². The molecule has 100 valence electrons. The van der Waals surface area contributed by atoms with Gasteiger partial charge in [-0.2, -0.15) is 0 Å². The van der Waals surface area contributed by atoms with Crippen LogP contribution >= 0.6 is 11.3 Å². The van der Waals surface area contributed by atoms with Crippen LogP contribution in [0.2, 0.25) is 0 Å². The first kappa shape index (κ1) is 14.6. The van der Waals surface area contributed by atoms with E-state index in [1.807, 2.05) is 13.8 Å². The van der Waals surface area contributed by atoms with Crippen molar-refractivity contribution in [3.05, 3.63) is 10.6 Å². The van der Waals surface area contributed by atoms with Gasteiger partial charge in [-0.05, 0) is 20.3 Å². The third kappa shape index (κ3) is 4.42. The molecule has 0 saturated carbocycles. The third-order valence-electron chi connectivity index (χ3n) is 2.27. The summed E-state index contributed by atoms with van der Waals surface area (Å²) in [4.78, 5) is 28.1. The predicted octanol–water partition coefficient (Wildman–Crippen LogP) is 0.851. The van der Waals surface area contributed by atoms with Gasteiger partial charge in [0.1, 0.15) is 0 Å². The number of aromatic nitrogens is 1. The second kappa shape index (κ2) is 7.07. The van der Waals surface area contributed by atoms with E-state index in [0.717, 1.165) is 10.6 Å². The molecule has 6 nitrogen and oxygen atoms in total. The Kier molecular flexibility index (Phi) is 5.73. The van der Waals surface area contributed by atoms with Gasteiger partial charge in [0.15, 0.2) is 5.13 Å². The standard InChI is InChI=1S/C11H17N3O3S/c1-7-8(2)18-11(13-7)14-10(16)9(15)12-5-4-6-17-3/h4-6H2,1-3H3,(H,12,15)(H,13,14,16). The van der Waals surface area contributed by atoms with E-state index in [1.54, 1.807) is 7.11 Å². The Bertz CT molecular complexity index is 412. The molecule has 0 unspecified atom stereocenters. The van der Waals surface area contributed by atoms with E-state index in [1.165, 1.54) is 11.3 Å². The van der Waals surface area contributed by atoms with Crippen molar-refractivity contribution in [2.75, 3.05) is 25.6 Å². The molecule has 0 aliphatic rings. The van der Waals surface area contributed by atoms with Crippen molar-refractivity contribution >= 4 is 28.3 Å². The van der Waals surface area contributed by atoms with Crippen LogP contribution in [0.3, 0.4) is 0 Å². The highest BCUT2D eigenvalue weighted by Gasteiger charge is 2.15. The fourth-order valence-corrected chi connectivity index (χ4v) is 1.99. The number of nitrogens with zero attached hydrogens (tertiary/aromatic N) is 1. The first-order valence-electron chi connectivity index (χ1n) is 5.56. The minimum atomic E-state index is -0.693. The number of aryl methyl sites for hydroxylation is 2. The zero-order valence-electron chi connectivity index (χ0n) is 10.7. The van der Waals surface area contributed by atoms with Crippen molar-refractivity contribution < 1.29 is 14.3 Å². The van der Waals surface area contributed by atoms with Gasteiger partial charge in [-0.1, -0.05) is 0 Å². The fraction of sp³-hybridized carbons (Fsp3) is 0.545. The molecule has 2 amide bonds. The topological polar surface area (TPSA) is 80.3 Å². The molecule has 0 aliphatic heterocycles. The Balaban J connectivity index is 2.38. The number of carbonyl (C=O) groups excluding carboxylic acids is 2. The van der Waals surface area contributed by atoms with Crippen LogP contribution in [0.15, 0.2) is 0 Å². The third-order valence-corrected chi connectivity index (χ3v) is 3.25. The molecule has 0 atom stereocenters. The molecule has 0 fully saturated rings. The van der Waals surface area contributed by atoms with E-state index < -0.39 is 11.8 Å². The maximum atomic E-state index is 11.5. The molecule has 0 radical (unpaired) electrons. The minimum Gasteiger partial charge on any atom is -0.385 e. The molecular weight excluding hydrogens is 254 g/mol. The summed E-state index contributed by atoms with van der Waals surface area (Å²) < 4.78 is 4.84. The molecule has 1 aromatic rings. The zero-order valence-corrected chi connectivity index (χ0v) is 11.5. The Hall–Kier alpha value is -1.47. The highest BCUT2D eigenvalue weighted by molar-refractivity contribution is 7.15. The highest BCUT2D eigenvalue weighted by atomic mass is 32.1. The normalized spacial score (nSPS) is 10.2. The lowest BCUT2D eigenvalue weighted by Crippen LogP contribution is -2.36. The number of methoxy groups -OCH3 is 1. The summed E-state index contributed by atoms with van der Waals surface area (Å²) in [5.41, 5.74) is 0.857. The lowest BCUT2D eigenvalue weighted by Gasteiger charge is -2.03. The van der Waals surface area contributed by atoms with Gasteiger partial charge >= 0.3 is 11.8 Å². The van der Waals surface area contributed by atoms with E-state index in [4.69, 9.17) is 4.74 Å². The number of ether oxygens (including phenoxy) is 1. The van der Waals surface area contributed by atoms with Crippen molar-refractivity contribution in [3.63, 3.8) is 0 Å². The predicted molar refractivity (Wildman–Crippen MR) is 69.7 cm³/mol. The summed E-state index contributed by atoms with van der Waals surface area (Å²) >= 11 is 1.35. The Morgan fingerprint density at radius 1 is 1.33 bits per heavy atom. The second-order valence-corrected chi connectivity index (χ2v) is 4.92. The summed E-state index contributed by atoms with van der Waals surface area (Å²) in [5, 5.41) is 5.42. The number of amides is 2. The van der Waals surface area contributed by atoms with E-state index in [-0.39, 0.29) is 0 Å². The van der Waals surface area contributed by atoms with E-state index in [9.17, 15) is 9.59 Å². The van der Waals surface area contributed by atoms with Crippen LogP contribution in [-0.2, 0) is 14.3 Å². The van der Waals surface area contributed by atoms with Crippen LogP contribution in [0.4, 0.5) is 5.13 Å². The summed E-state index contributed by atoms with van der Waals surface area (Å²) in [5.74, 6) is -1.35. The monoisotopic (exact) mass is 271 g/mol. The molecule has 1 rings (SSSR count). The lowest BCUT2D eigenvalue weighted by atomic mass is 10.4. The highest BCUT2D eigenvalue weighted by Crippen LogP contribution is 2.20. The van der Waals surface area contributed by atoms with Crippen LogP contribution < -0.4 is 10.6 Å². The second-order valence-electron chi connectivity index (χ2n) is 3.72. The number of anilines is 1. The molecule has 0 saturated heterocycles. The number of hydrogen-bond donors (Lipinski definition) is 2. The lowest BCUT2D eigenvalue weighted by molar-refractivity contribution is -0.136. The van der Waals surface area contributed by atoms with Crippen LogP contribution in [0.5, 0.6) is 0 Å². The van der Waals surface area contributed by atoms with Crippen molar-refractivity contribution in [1.29, 1.82) is 0 Å². The molecule has 1 heterocycles. The number of hydrogen-bond acceptors (Lipinski definition) is 5. The van der Waals surface area contributed by atoms with Gasteiger partial charge in [0.25, 0.3) is 0 Å². The first-order chi connectivity index (χ1) is 8.54. The Morgan fingerprint density at radius 3 is 2.61 bits per heavy atom. The van der Waals surface area contributed by atoms with Crippen molar-refractivity contribution in [1.82, 2.24) is 10.3 Å². The SMILES string of the molecule is COCCCNC(=O)C(=O)Nc1nc(C)c(C)s1. The van der Waals surface area contributed by atoms with E-state index in [2.05, 4.69) is 15.6 Å². The summed E-state index contributed by atoms with van der Waals surface area (Å²) in [7, 11) is 1.58. The first-order valence-corrected chi connectivity index (χ1v) is 6.38. The molecule has 0 aromatic carbocycles. The molecule has 2 N–H and O–H groups in total. The largest absolute Gasteiger partial charge is 0.385 e. The van der Waals surface area contributed by atoms with Gasteiger partial charge in [0.2, 0.25) is 0 Å². The van der Waals surface area contributed by atoms with E-state index in [0.29, 0.717) is 24.7 Å². The number of thiazole rings is 1. The molecule has 1 aromatic heterocycles. The van der Waals surface area contributed by atoms with Gasteiger partial charge in [0.05, 0.1) is 5.69 Å². The molecular formula is C11H17N3O3S. The maximum Gasteiger partial charge on any atom is 0.315 e. The smallest absolute Gasteiger partial charge is 0.315 e. The molecule has 0 spiro atoms. The Labute approximate surface area is 110 Å². The van der Waals surface area contributed by atoms with Gasteiger partial charge in [-0.15, -0.1) is 11.3 Å². The van der Waals surface area contributed by atoms with Gasteiger partial charge < -0.3 is 10.1 Å². The molecule has 7 heteroatoms. The van der Waals surface area contributed by atoms with E-state index >= 15 is 0 Å². The van der Waals surface area contributed by atoms with Crippen molar-refractivity contribution in [2.24, 2.45) is 0 Å². The number of carbonyl (C=O) groups is 2. The average molecular weight is 271 g/mol. The van der Waals surface area contributed by atoms with Crippen molar-refractivity contribution in [2.45, 2.75) is 20.3 Å². The summed E-state index contributed by atoms with van der Waals surface area (Å²) in [6, 6.07) is 0. The van der Waals surface area contributed by atoms with Crippen LogP contribution in [0.1, 0.15) is 17.0 Å². The van der Waals surface area contributed by atoms with Gasteiger partial charge in [-0.3, -0.25) is 14.9 Å². The summed E-state index contributed by atoms with van der Waals surface area (Å²) in [6.45, 7) is 4.72. The molecule has 0 aliphatic carbocycles.